The Kier molecular flexibility index (Phi) is 7.12. The van der Waals surface area contributed by atoms with Gasteiger partial charge in [0.1, 0.15) is 17.2 Å². The third-order valence-corrected chi connectivity index (χ3v) is 4.98. The largest absolute Gasteiger partial charge is 0.497 e. The fourth-order valence-corrected chi connectivity index (χ4v) is 3.45. The molecule has 8 heteroatoms. The zero-order valence-electron chi connectivity index (χ0n) is 18.4. The number of fused-ring (bicyclic) bond motifs is 1. The highest BCUT2D eigenvalue weighted by Gasteiger charge is 2.17. The SMILES string of the molecule is CCc1nc2ccc(C(=O)NCCNC(C)=O)cn2c1N(C)Cc1ccc(OC)cc1. The van der Waals surface area contributed by atoms with E-state index >= 15 is 0 Å². The number of nitrogens with zero attached hydrogens (tertiary/aromatic N) is 3. The Bertz CT molecular complexity index is 1060. The smallest absolute Gasteiger partial charge is 0.252 e. The van der Waals surface area contributed by atoms with Crippen LogP contribution in [0.2, 0.25) is 0 Å². The van der Waals surface area contributed by atoms with Crippen molar-refractivity contribution >= 4 is 23.3 Å². The molecular formula is C23H29N5O3. The minimum atomic E-state index is -0.192. The topological polar surface area (TPSA) is 88.0 Å². The summed E-state index contributed by atoms with van der Waals surface area (Å²) in [6, 6.07) is 11.6. The van der Waals surface area contributed by atoms with E-state index in [9.17, 15) is 9.59 Å². The summed E-state index contributed by atoms with van der Waals surface area (Å²) in [6.07, 6.45) is 2.59. The van der Waals surface area contributed by atoms with E-state index in [1.807, 2.05) is 48.0 Å². The molecule has 0 fully saturated rings. The molecule has 0 aliphatic rings. The van der Waals surface area contributed by atoms with Gasteiger partial charge in [-0.05, 0) is 36.2 Å². The molecule has 0 saturated heterocycles. The van der Waals surface area contributed by atoms with Crippen LogP contribution in [0.25, 0.3) is 5.65 Å². The van der Waals surface area contributed by atoms with Gasteiger partial charge >= 0.3 is 0 Å². The number of anilines is 1. The first-order chi connectivity index (χ1) is 14.9. The first-order valence-electron chi connectivity index (χ1n) is 10.3. The number of hydrogen-bond donors (Lipinski definition) is 2. The molecule has 0 unspecified atom stereocenters. The van der Waals surface area contributed by atoms with Gasteiger partial charge in [-0.2, -0.15) is 0 Å². The number of hydrogen-bond acceptors (Lipinski definition) is 5. The molecule has 0 aliphatic carbocycles. The molecule has 3 aromatic rings. The lowest BCUT2D eigenvalue weighted by molar-refractivity contribution is -0.118. The Balaban J connectivity index is 1.82. The number of aromatic nitrogens is 2. The molecular weight excluding hydrogens is 394 g/mol. The van der Waals surface area contributed by atoms with E-state index in [0.29, 0.717) is 25.2 Å². The summed E-state index contributed by atoms with van der Waals surface area (Å²) in [5, 5.41) is 5.49. The van der Waals surface area contributed by atoms with E-state index in [1.54, 1.807) is 13.2 Å². The van der Waals surface area contributed by atoms with E-state index < -0.39 is 0 Å². The summed E-state index contributed by atoms with van der Waals surface area (Å²) in [5.41, 5.74) is 3.45. The van der Waals surface area contributed by atoms with Gasteiger partial charge in [-0.15, -0.1) is 0 Å². The van der Waals surface area contributed by atoms with Crippen molar-refractivity contribution in [2.75, 3.05) is 32.1 Å². The molecule has 2 amide bonds. The van der Waals surface area contributed by atoms with Crippen LogP contribution in [0.1, 0.15) is 35.5 Å². The Morgan fingerprint density at radius 1 is 1.10 bits per heavy atom. The van der Waals surface area contributed by atoms with Gasteiger partial charge in [0.05, 0.1) is 18.4 Å². The van der Waals surface area contributed by atoms with Crippen LogP contribution in [0.15, 0.2) is 42.6 Å². The molecule has 0 spiro atoms. The van der Waals surface area contributed by atoms with Gasteiger partial charge < -0.3 is 20.3 Å². The molecule has 8 nitrogen and oxygen atoms in total. The molecule has 2 N–H and O–H groups in total. The normalized spacial score (nSPS) is 10.7. The molecule has 1 aromatic carbocycles. The lowest BCUT2D eigenvalue weighted by atomic mass is 10.2. The van der Waals surface area contributed by atoms with E-state index in [1.165, 1.54) is 6.92 Å². The summed E-state index contributed by atoms with van der Waals surface area (Å²) in [4.78, 5) is 30.4. The summed E-state index contributed by atoms with van der Waals surface area (Å²) in [6.45, 7) is 4.97. The van der Waals surface area contributed by atoms with Gasteiger partial charge in [0, 0.05) is 39.8 Å². The number of nitrogens with one attached hydrogen (secondary N) is 2. The average molecular weight is 424 g/mol. The van der Waals surface area contributed by atoms with Crippen molar-refractivity contribution in [3.8, 4) is 5.75 Å². The van der Waals surface area contributed by atoms with Crippen molar-refractivity contribution in [2.24, 2.45) is 0 Å². The van der Waals surface area contributed by atoms with Crippen LogP contribution in [0.5, 0.6) is 5.75 Å². The van der Waals surface area contributed by atoms with Crippen molar-refractivity contribution in [3.05, 3.63) is 59.4 Å². The van der Waals surface area contributed by atoms with Gasteiger partial charge in [-0.25, -0.2) is 4.98 Å². The predicted octanol–water partition coefficient (Wildman–Crippen LogP) is 2.41. The monoisotopic (exact) mass is 423 g/mol. The molecule has 0 aliphatic heterocycles. The van der Waals surface area contributed by atoms with Crippen molar-refractivity contribution in [1.82, 2.24) is 20.0 Å². The van der Waals surface area contributed by atoms with Crippen LogP contribution in [0, 0.1) is 0 Å². The maximum Gasteiger partial charge on any atom is 0.252 e. The zero-order chi connectivity index (χ0) is 22.4. The molecule has 0 bridgehead atoms. The lowest BCUT2D eigenvalue weighted by Gasteiger charge is -2.20. The van der Waals surface area contributed by atoms with Gasteiger partial charge in [-0.1, -0.05) is 19.1 Å². The summed E-state index contributed by atoms with van der Waals surface area (Å²) >= 11 is 0. The van der Waals surface area contributed by atoms with Crippen LogP contribution in [-0.2, 0) is 17.8 Å². The van der Waals surface area contributed by atoms with E-state index in [4.69, 9.17) is 9.72 Å². The first kappa shape index (κ1) is 22.1. The Labute approximate surface area is 182 Å². The number of rotatable bonds is 9. The third kappa shape index (κ3) is 5.33. The summed E-state index contributed by atoms with van der Waals surface area (Å²) in [7, 11) is 3.67. The molecule has 164 valence electrons. The number of aryl methyl sites for hydroxylation is 1. The lowest BCUT2D eigenvalue weighted by Crippen LogP contribution is -2.33. The third-order valence-electron chi connectivity index (χ3n) is 4.98. The number of carbonyl (C=O) groups excluding carboxylic acids is 2. The Hall–Kier alpha value is -3.55. The van der Waals surface area contributed by atoms with Gasteiger partial charge in [0.15, 0.2) is 0 Å². The van der Waals surface area contributed by atoms with E-state index in [2.05, 4.69) is 22.5 Å². The zero-order valence-corrected chi connectivity index (χ0v) is 18.4. The number of pyridine rings is 1. The fraction of sp³-hybridized carbons (Fsp3) is 0.348. The number of benzene rings is 1. The second-order valence-electron chi connectivity index (χ2n) is 7.32. The summed E-state index contributed by atoms with van der Waals surface area (Å²) < 4.78 is 7.20. The van der Waals surface area contributed by atoms with E-state index in [-0.39, 0.29) is 11.8 Å². The van der Waals surface area contributed by atoms with Gasteiger partial charge in [0.25, 0.3) is 5.91 Å². The average Bonchev–Trinajstić information content (AvgIpc) is 3.15. The minimum absolute atomic E-state index is 0.120. The standard InChI is InChI=1S/C23H29N5O3/c1-5-20-23(27(3)14-17-6-9-19(31-4)10-7-17)28-15-18(8-11-21(28)26-20)22(30)25-13-12-24-16(2)29/h6-11,15H,5,12-14H2,1-4H3,(H,24,29)(H,25,30). The second kappa shape index (κ2) is 9.97. The number of amides is 2. The molecule has 31 heavy (non-hydrogen) atoms. The van der Waals surface area contributed by atoms with Crippen molar-refractivity contribution in [1.29, 1.82) is 0 Å². The molecule has 0 radical (unpaired) electrons. The Morgan fingerprint density at radius 3 is 2.45 bits per heavy atom. The van der Waals surface area contributed by atoms with Crippen molar-refractivity contribution < 1.29 is 14.3 Å². The number of methoxy groups -OCH3 is 1. The Morgan fingerprint density at radius 2 is 1.81 bits per heavy atom. The maximum atomic E-state index is 12.6. The van der Waals surface area contributed by atoms with Gasteiger partial charge in [0.2, 0.25) is 5.91 Å². The van der Waals surface area contributed by atoms with Crippen LogP contribution in [0.3, 0.4) is 0 Å². The van der Waals surface area contributed by atoms with Crippen molar-refractivity contribution in [3.63, 3.8) is 0 Å². The van der Waals surface area contributed by atoms with E-state index in [0.717, 1.165) is 34.9 Å². The highest BCUT2D eigenvalue weighted by molar-refractivity contribution is 5.94. The number of carbonyl (C=O) groups is 2. The van der Waals surface area contributed by atoms with Crippen LogP contribution < -0.4 is 20.3 Å². The quantitative estimate of drug-likeness (QED) is 0.516. The predicted molar refractivity (Wildman–Crippen MR) is 121 cm³/mol. The fourth-order valence-electron chi connectivity index (χ4n) is 3.45. The first-order valence-corrected chi connectivity index (χ1v) is 10.3. The van der Waals surface area contributed by atoms with Gasteiger partial charge in [-0.3, -0.25) is 14.0 Å². The number of ether oxygens (including phenoxy) is 1. The van der Waals surface area contributed by atoms with Crippen molar-refractivity contribution in [2.45, 2.75) is 26.8 Å². The summed E-state index contributed by atoms with van der Waals surface area (Å²) in [5.74, 6) is 1.47. The van der Waals surface area contributed by atoms with Crippen LogP contribution in [-0.4, -0.2) is 48.4 Å². The molecule has 0 atom stereocenters. The molecule has 3 rings (SSSR count). The molecule has 2 heterocycles. The number of imidazole rings is 1. The highest BCUT2D eigenvalue weighted by Crippen LogP contribution is 2.25. The minimum Gasteiger partial charge on any atom is -0.497 e. The van der Waals surface area contributed by atoms with Crippen LogP contribution >= 0.6 is 0 Å². The molecule has 2 aromatic heterocycles. The highest BCUT2D eigenvalue weighted by atomic mass is 16.5. The second-order valence-corrected chi connectivity index (χ2v) is 7.32. The van der Waals surface area contributed by atoms with Crippen LogP contribution in [0.4, 0.5) is 5.82 Å². The molecule has 0 saturated carbocycles. The maximum absolute atomic E-state index is 12.6.